The molecule has 3 heteroatoms. The summed E-state index contributed by atoms with van der Waals surface area (Å²) in [4.78, 5) is 2.49. The minimum Gasteiger partial charge on any atom is -0.372 e. The van der Waals surface area contributed by atoms with E-state index in [0.717, 1.165) is 13.1 Å². The molecule has 0 aromatic heterocycles. The van der Waals surface area contributed by atoms with Crippen LogP contribution in [-0.4, -0.2) is 30.6 Å². The second-order valence-corrected chi connectivity index (χ2v) is 7.48. The van der Waals surface area contributed by atoms with E-state index < -0.39 is 0 Å². The molecule has 1 aliphatic carbocycles. The maximum Gasteiger partial charge on any atom is 0.0366 e. The van der Waals surface area contributed by atoms with Crippen molar-refractivity contribution in [3.05, 3.63) is 29.8 Å². The van der Waals surface area contributed by atoms with Gasteiger partial charge in [0.2, 0.25) is 0 Å². The van der Waals surface area contributed by atoms with Gasteiger partial charge < -0.3 is 10.2 Å². The Kier molecular flexibility index (Phi) is 4.57. The van der Waals surface area contributed by atoms with Gasteiger partial charge in [-0.1, -0.05) is 18.6 Å². The molecule has 0 radical (unpaired) electrons. The molecule has 1 N–H and O–H groups in total. The van der Waals surface area contributed by atoms with E-state index in [1.54, 1.807) is 0 Å². The average molecular weight is 290 g/mol. The van der Waals surface area contributed by atoms with Crippen LogP contribution in [0.1, 0.15) is 37.7 Å². The molecule has 110 valence electrons. The van der Waals surface area contributed by atoms with Gasteiger partial charge in [-0.15, -0.1) is 0 Å². The van der Waals surface area contributed by atoms with Gasteiger partial charge >= 0.3 is 0 Å². The largest absolute Gasteiger partial charge is 0.372 e. The minimum atomic E-state index is 0.537. The number of benzene rings is 1. The molecule has 0 unspecified atom stereocenters. The van der Waals surface area contributed by atoms with Crippen LogP contribution in [-0.2, 0) is 6.54 Å². The lowest BCUT2D eigenvalue weighted by Crippen LogP contribution is -2.43. The standard InChI is InChI=1S/C17H26N2S/c1-20-17(9-4-10-17)14-18-13-15-5-7-16(8-6-15)19-11-2-3-12-19/h5-8,18H,2-4,9-14H2,1H3. The molecule has 1 aromatic rings. The summed E-state index contributed by atoms with van der Waals surface area (Å²) >= 11 is 2.04. The lowest BCUT2D eigenvalue weighted by Gasteiger charge is -2.40. The van der Waals surface area contributed by atoms with Crippen molar-refractivity contribution in [2.75, 3.05) is 30.8 Å². The highest BCUT2D eigenvalue weighted by Gasteiger charge is 2.35. The maximum atomic E-state index is 3.65. The zero-order valence-corrected chi connectivity index (χ0v) is 13.3. The summed E-state index contributed by atoms with van der Waals surface area (Å²) in [5, 5.41) is 3.65. The van der Waals surface area contributed by atoms with Gasteiger partial charge in [-0.25, -0.2) is 0 Å². The zero-order valence-electron chi connectivity index (χ0n) is 12.5. The van der Waals surface area contributed by atoms with E-state index in [2.05, 4.69) is 40.7 Å². The Morgan fingerprint density at radius 1 is 1.10 bits per heavy atom. The van der Waals surface area contributed by atoms with Gasteiger partial charge in [0.1, 0.15) is 0 Å². The predicted octanol–water partition coefficient (Wildman–Crippen LogP) is 3.66. The Morgan fingerprint density at radius 3 is 2.35 bits per heavy atom. The van der Waals surface area contributed by atoms with Gasteiger partial charge in [0, 0.05) is 36.6 Å². The van der Waals surface area contributed by atoms with Gasteiger partial charge in [-0.05, 0) is 49.6 Å². The number of thioether (sulfide) groups is 1. The molecule has 20 heavy (non-hydrogen) atoms. The highest BCUT2D eigenvalue weighted by molar-refractivity contribution is 8.00. The molecule has 0 spiro atoms. The minimum absolute atomic E-state index is 0.537. The topological polar surface area (TPSA) is 15.3 Å². The molecular formula is C17H26N2S. The fourth-order valence-corrected chi connectivity index (χ4v) is 4.20. The summed E-state index contributed by atoms with van der Waals surface area (Å²) in [6, 6.07) is 9.15. The van der Waals surface area contributed by atoms with Crippen molar-refractivity contribution in [3.63, 3.8) is 0 Å². The summed E-state index contributed by atoms with van der Waals surface area (Å²) in [5.74, 6) is 0. The average Bonchev–Trinajstić information content (AvgIpc) is 2.97. The third-order valence-electron chi connectivity index (χ3n) is 4.88. The van der Waals surface area contributed by atoms with Crippen LogP contribution in [0.4, 0.5) is 5.69 Å². The molecular weight excluding hydrogens is 264 g/mol. The van der Waals surface area contributed by atoms with Crippen LogP contribution in [0, 0.1) is 0 Å². The Hall–Kier alpha value is -0.670. The molecule has 1 saturated carbocycles. The monoisotopic (exact) mass is 290 g/mol. The van der Waals surface area contributed by atoms with Crippen LogP contribution in [0.5, 0.6) is 0 Å². The fourth-order valence-electron chi connectivity index (χ4n) is 3.26. The van der Waals surface area contributed by atoms with Crippen LogP contribution in [0.15, 0.2) is 24.3 Å². The van der Waals surface area contributed by atoms with Crippen molar-refractivity contribution in [1.82, 2.24) is 5.32 Å². The van der Waals surface area contributed by atoms with Crippen molar-refractivity contribution < 1.29 is 0 Å². The van der Waals surface area contributed by atoms with Crippen LogP contribution < -0.4 is 10.2 Å². The first-order valence-electron chi connectivity index (χ1n) is 7.91. The summed E-state index contributed by atoms with van der Waals surface area (Å²) in [6.07, 6.45) is 9.13. The highest BCUT2D eigenvalue weighted by Crippen LogP contribution is 2.42. The Balaban J connectivity index is 1.48. The van der Waals surface area contributed by atoms with Crippen molar-refractivity contribution >= 4 is 17.4 Å². The van der Waals surface area contributed by atoms with Crippen LogP contribution in [0.3, 0.4) is 0 Å². The summed E-state index contributed by atoms with van der Waals surface area (Å²) in [6.45, 7) is 4.62. The number of hydrogen-bond donors (Lipinski definition) is 1. The third-order valence-corrected chi connectivity index (χ3v) is 6.30. The number of nitrogens with one attached hydrogen (secondary N) is 1. The Morgan fingerprint density at radius 2 is 1.80 bits per heavy atom. The van der Waals surface area contributed by atoms with E-state index >= 15 is 0 Å². The van der Waals surface area contributed by atoms with E-state index in [9.17, 15) is 0 Å². The highest BCUT2D eigenvalue weighted by atomic mass is 32.2. The predicted molar refractivity (Wildman–Crippen MR) is 89.7 cm³/mol. The van der Waals surface area contributed by atoms with Crippen molar-refractivity contribution in [3.8, 4) is 0 Å². The van der Waals surface area contributed by atoms with Gasteiger partial charge in [-0.3, -0.25) is 0 Å². The molecule has 3 rings (SSSR count). The van der Waals surface area contributed by atoms with E-state index in [1.165, 1.54) is 56.4 Å². The van der Waals surface area contributed by atoms with Gasteiger partial charge in [0.05, 0.1) is 0 Å². The molecule has 0 amide bonds. The van der Waals surface area contributed by atoms with E-state index in [-0.39, 0.29) is 0 Å². The summed E-state index contributed by atoms with van der Waals surface area (Å²) in [5.41, 5.74) is 2.80. The third kappa shape index (κ3) is 3.15. The first-order chi connectivity index (χ1) is 9.81. The Bertz CT molecular complexity index is 414. The van der Waals surface area contributed by atoms with Crippen molar-refractivity contribution in [2.24, 2.45) is 0 Å². The number of rotatable bonds is 6. The van der Waals surface area contributed by atoms with Crippen molar-refractivity contribution in [1.29, 1.82) is 0 Å². The first-order valence-corrected chi connectivity index (χ1v) is 9.14. The van der Waals surface area contributed by atoms with Crippen molar-refractivity contribution in [2.45, 2.75) is 43.4 Å². The Labute approximate surface area is 127 Å². The number of anilines is 1. The van der Waals surface area contributed by atoms with Crippen LogP contribution in [0.2, 0.25) is 0 Å². The van der Waals surface area contributed by atoms with Crippen LogP contribution in [0.25, 0.3) is 0 Å². The molecule has 0 atom stereocenters. The second-order valence-electron chi connectivity index (χ2n) is 6.20. The smallest absolute Gasteiger partial charge is 0.0366 e. The molecule has 2 nitrogen and oxygen atoms in total. The number of hydrogen-bond acceptors (Lipinski definition) is 3. The summed E-state index contributed by atoms with van der Waals surface area (Å²) < 4.78 is 0.537. The van der Waals surface area contributed by atoms with Gasteiger partial charge in [-0.2, -0.15) is 11.8 Å². The van der Waals surface area contributed by atoms with E-state index in [0.29, 0.717) is 4.75 Å². The molecule has 2 aliphatic rings. The van der Waals surface area contributed by atoms with E-state index in [4.69, 9.17) is 0 Å². The zero-order chi connectivity index (χ0) is 13.8. The van der Waals surface area contributed by atoms with Crippen LogP contribution >= 0.6 is 11.8 Å². The quantitative estimate of drug-likeness (QED) is 0.860. The lowest BCUT2D eigenvalue weighted by molar-refractivity contribution is 0.345. The van der Waals surface area contributed by atoms with Gasteiger partial charge in [0.15, 0.2) is 0 Å². The first kappa shape index (κ1) is 14.3. The molecule has 1 saturated heterocycles. The lowest BCUT2D eigenvalue weighted by atomic mass is 9.84. The van der Waals surface area contributed by atoms with Gasteiger partial charge in [0.25, 0.3) is 0 Å². The molecule has 1 aromatic carbocycles. The maximum absolute atomic E-state index is 3.65. The molecule has 1 aliphatic heterocycles. The fraction of sp³-hybridized carbons (Fsp3) is 0.647. The molecule has 0 bridgehead atoms. The summed E-state index contributed by atoms with van der Waals surface area (Å²) in [7, 11) is 0. The SMILES string of the molecule is CSC1(CNCc2ccc(N3CCCC3)cc2)CCC1. The second kappa shape index (κ2) is 6.40. The van der Waals surface area contributed by atoms with E-state index in [1.807, 2.05) is 11.8 Å². The molecule has 2 fully saturated rings. The normalized spacial score (nSPS) is 20.9. The molecule has 1 heterocycles. The number of nitrogens with zero attached hydrogens (tertiary/aromatic N) is 1.